The van der Waals surface area contributed by atoms with Crippen molar-refractivity contribution in [3.8, 4) is 0 Å². The molecule has 8 nitrogen and oxygen atoms in total. The zero-order chi connectivity index (χ0) is 16.6. The quantitative estimate of drug-likeness (QED) is 0.369. The summed E-state index contributed by atoms with van der Waals surface area (Å²) in [6.07, 6.45) is 0. The molecule has 0 spiro atoms. The molecule has 2 aromatic rings. The van der Waals surface area contributed by atoms with Crippen LogP contribution in [0.15, 0.2) is 54.6 Å². The zero-order valence-corrected chi connectivity index (χ0v) is 14.6. The maximum Gasteiger partial charge on any atom is -0.870 e. The monoisotopic (exact) mass is 397 g/mol. The Kier molecular flexibility index (Phi) is 11.8. The molecule has 0 fully saturated rings. The van der Waals surface area contributed by atoms with E-state index in [-0.39, 0.29) is 21.2 Å². The summed E-state index contributed by atoms with van der Waals surface area (Å²) in [7, 11) is 5.36. The van der Waals surface area contributed by atoms with Crippen molar-refractivity contribution in [3.63, 3.8) is 0 Å². The second-order valence-corrected chi connectivity index (χ2v) is 7.85. The molecule has 0 radical (unpaired) electrons. The van der Waals surface area contributed by atoms with Gasteiger partial charge in [-0.3, -0.25) is 0 Å². The number of carbonyl (C=O) groups is 1. The van der Waals surface area contributed by atoms with Crippen LogP contribution in [-0.2, 0) is 12.4 Å². The molecule has 0 saturated heterocycles. The van der Waals surface area contributed by atoms with Gasteiger partial charge in [-0.15, -0.1) is 0 Å². The fraction of sp³-hybridized carbons (Fsp3) is 0.0714. The van der Waals surface area contributed by atoms with Crippen LogP contribution in [0.5, 0.6) is 0 Å². The largest absolute Gasteiger partial charge is 0.870 e. The van der Waals surface area contributed by atoms with E-state index in [1.165, 1.54) is 31.2 Å². The number of nitrogens with one attached hydrogen (secondary N) is 1. The summed E-state index contributed by atoms with van der Waals surface area (Å²) in [5, 5.41) is 10.7. The molecule has 0 aliphatic heterocycles. The molecule has 1 amide bonds. The standard InChI is InChI=1S/C8H10AsNO5.C6H5B.2H2O/c1-6(11)10-8-4-2-7(3-5-8)9(12,13)15-14;7-6-4-2-1-3-5-6;;/h2-5,14H,1H3,(H,10,11)(H,12,13);1-5H;2*1H2/q;+2;;/p-2. The molecule has 0 aliphatic carbocycles. The Hall–Kier alpha value is -1.87. The Morgan fingerprint density at radius 2 is 1.58 bits per heavy atom. The number of amides is 1. The first-order valence-corrected chi connectivity index (χ1v) is 9.51. The van der Waals surface area contributed by atoms with Crippen molar-refractivity contribution in [1.29, 1.82) is 0 Å². The van der Waals surface area contributed by atoms with Crippen molar-refractivity contribution >= 4 is 43.4 Å². The molecule has 2 aromatic carbocycles. The van der Waals surface area contributed by atoms with Crippen LogP contribution in [-0.4, -0.2) is 48.2 Å². The van der Waals surface area contributed by atoms with Gasteiger partial charge in [0.2, 0.25) is 0 Å². The molecule has 0 aliphatic rings. The van der Waals surface area contributed by atoms with Gasteiger partial charge in [0.15, 0.2) is 0 Å². The second kappa shape index (κ2) is 11.6. The van der Waals surface area contributed by atoms with E-state index in [4.69, 9.17) is 17.2 Å². The molecule has 128 valence electrons. The van der Waals surface area contributed by atoms with Crippen LogP contribution in [0.2, 0.25) is 0 Å². The predicted molar refractivity (Wildman–Crippen MR) is 88.5 cm³/mol. The van der Waals surface area contributed by atoms with Crippen molar-refractivity contribution in [3.05, 3.63) is 54.6 Å². The summed E-state index contributed by atoms with van der Waals surface area (Å²) in [6.45, 7) is 1.35. The molecule has 1 unspecified atom stereocenters. The van der Waals surface area contributed by atoms with E-state index >= 15 is 0 Å². The van der Waals surface area contributed by atoms with E-state index in [0.717, 1.165) is 5.46 Å². The van der Waals surface area contributed by atoms with E-state index in [2.05, 4.69) is 9.19 Å². The first-order valence-electron chi connectivity index (χ1n) is 6.20. The normalized spacial score (nSPS) is 11.5. The van der Waals surface area contributed by atoms with Crippen molar-refractivity contribution < 1.29 is 32.7 Å². The van der Waals surface area contributed by atoms with Crippen molar-refractivity contribution in [2.45, 2.75) is 6.92 Å². The van der Waals surface area contributed by atoms with E-state index < -0.39 is 14.2 Å². The predicted octanol–water partition coefficient (Wildman–Crippen LogP) is -0.170. The third-order valence-electron chi connectivity index (χ3n) is 2.42. The Morgan fingerprint density at radius 1 is 1.08 bits per heavy atom. The van der Waals surface area contributed by atoms with E-state index in [1.807, 2.05) is 30.3 Å². The van der Waals surface area contributed by atoms with Crippen LogP contribution in [0.4, 0.5) is 5.69 Å². The summed E-state index contributed by atoms with van der Waals surface area (Å²) in [5.41, 5.74) is 1.32. The molecule has 10 heteroatoms. The number of rotatable bonds is 3. The van der Waals surface area contributed by atoms with Gasteiger partial charge >= 0.3 is 132 Å². The van der Waals surface area contributed by atoms with Gasteiger partial charge in [0.1, 0.15) is 0 Å². The average molecular weight is 397 g/mol. The van der Waals surface area contributed by atoms with Gasteiger partial charge in [0.25, 0.3) is 0 Å². The van der Waals surface area contributed by atoms with Gasteiger partial charge in [-0.2, -0.15) is 0 Å². The van der Waals surface area contributed by atoms with Crippen LogP contribution in [0.3, 0.4) is 0 Å². The molecular weight excluding hydrogens is 380 g/mol. The topological polar surface area (TPSA) is 156 Å². The fourth-order valence-electron chi connectivity index (χ4n) is 1.44. The van der Waals surface area contributed by atoms with Gasteiger partial charge in [0.05, 0.1) is 0 Å². The van der Waals surface area contributed by atoms with Crippen LogP contribution in [0, 0.1) is 0 Å². The minimum atomic E-state index is -4.76. The first kappa shape index (κ1) is 24.4. The Bertz CT molecular complexity index is 652. The third kappa shape index (κ3) is 8.68. The molecule has 5 N–H and O–H groups in total. The molecule has 1 atom stereocenters. The minimum absolute atomic E-state index is 0. The van der Waals surface area contributed by atoms with E-state index in [9.17, 15) is 8.53 Å². The van der Waals surface area contributed by atoms with Crippen LogP contribution in [0.25, 0.3) is 0 Å². The van der Waals surface area contributed by atoms with Crippen molar-refractivity contribution in [1.82, 2.24) is 0 Å². The van der Waals surface area contributed by atoms with E-state index in [1.54, 1.807) is 0 Å². The summed E-state index contributed by atoms with van der Waals surface area (Å²) in [4.78, 5) is 10.7. The van der Waals surface area contributed by atoms with Crippen LogP contribution < -0.4 is 15.1 Å². The molecule has 0 heterocycles. The number of carbonyl (C=O) groups excluding carboxylic acids is 1. The van der Waals surface area contributed by atoms with Gasteiger partial charge in [-0.25, -0.2) is 0 Å². The number of benzene rings is 2. The molecular formula is C14H17AsBNO7. The summed E-state index contributed by atoms with van der Waals surface area (Å²) in [5.74, 6) is -0.237. The summed E-state index contributed by atoms with van der Waals surface area (Å²) < 4.78 is 23.8. The Labute approximate surface area is 143 Å². The van der Waals surface area contributed by atoms with Crippen LogP contribution in [0.1, 0.15) is 6.92 Å². The van der Waals surface area contributed by atoms with Gasteiger partial charge in [-0.05, 0) is 0 Å². The Morgan fingerprint density at radius 3 is 1.92 bits per heavy atom. The third-order valence-corrected chi connectivity index (χ3v) is 4.88. The van der Waals surface area contributed by atoms with Crippen molar-refractivity contribution in [2.75, 3.05) is 5.32 Å². The van der Waals surface area contributed by atoms with Gasteiger partial charge < -0.3 is 11.0 Å². The molecule has 24 heavy (non-hydrogen) atoms. The second-order valence-electron chi connectivity index (χ2n) is 4.24. The van der Waals surface area contributed by atoms with Crippen molar-refractivity contribution in [2.24, 2.45) is 0 Å². The molecule has 0 bridgehead atoms. The zero-order valence-electron chi connectivity index (χ0n) is 12.7. The SMILES string of the molecule is CC(=O)Nc1ccc([As](=O)(O)OO)cc1.[B+2]c1ccccc1.[OH-].[OH-]. The molecule has 0 aromatic heterocycles. The minimum Gasteiger partial charge on any atom is -0.870 e. The maximum atomic E-state index is 11.2. The maximum absolute atomic E-state index is 11.2. The Balaban J connectivity index is 0. The number of hydrogen-bond acceptors (Lipinski definition) is 6. The number of hydrogen-bond donors (Lipinski definition) is 3. The number of anilines is 1. The summed E-state index contributed by atoms with van der Waals surface area (Å²) >= 11 is -4.76. The average Bonchev–Trinajstić information content (AvgIpc) is 2.48. The summed E-state index contributed by atoms with van der Waals surface area (Å²) in [6, 6.07) is 15.0. The van der Waals surface area contributed by atoms with Crippen LogP contribution >= 0.6 is 0 Å². The fourth-order valence-corrected chi connectivity index (χ4v) is 2.74. The van der Waals surface area contributed by atoms with Gasteiger partial charge in [0, 0.05) is 0 Å². The molecule has 0 saturated carbocycles. The van der Waals surface area contributed by atoms with Gasteiger partial charge in [-0.1, -0.05) is 0 Å². The van der Waals surface area contributed by atoms with E-state index in [0.29, 0.717) is 5.69 Å². The molecule has 2 rings (SSSR count). The smallest absolute Gasteiger partial charge is 0.870 e. The first-order chi connectivity index (χ1) is 10.3.